The van der Waals surface area contributed by atoms with E-state index in [2.05, 4.69) is 47.6 Å². The molecule has 1 aromatic heterocycles. The molecule has 2 aromatic rings. The number of hydrogen-bond acceptors (Lipinski definition) is 2. The second-order valence-electron chi connectivity index (χ2n) is 4.49. The van der Waals surface area contributed by atoms with Gasteiger partial charge in [-0.05, 0) is 29.2 Å². The van der Waals surface area contributed by atoms with Gasteiger partial charge in [0.2, 0.25) is 0 Å². The molecule has 0 aliphatic carbocycles. The number of nitrogens with zero attached hydrogens (tertiary/aromatic N) is 1. The van der Waals surface area contributed by atoms with Gasteiger partial charge in [-0.3, -0.25) is 0 Å². The number of hydrogen-bond donors (Lipinski definition) is 1. The summed E-state index contributed by atoms with van der Waals surface area (Å²) in [5, 5.41) is 3.55. The molecule has 0 unspecified atom stereocenters. The van der Waals surface area contributed by atoms with Crippen LogP contribution in [-0.2, 0) is 6.42 Å². The summed E-state index contributed by atoms with van der Waals surface area (Å²) in [7, 11) is 0. The maximum absolute atomic E-state index is 4.45. The van der Waals surface area contributed by atoms with E-state index in [1.54, 1.807) is 0 Å². The summed E-state index contributed by atoms with van der Waals surface area (Å²) in [5.41, 5.74) is 4.11. The van der Waals surface area contributed by atoms with Crippen LogP contribution in [0, 0.1) is 0 Å². The molecule has 0 saturated carbocycles. The second-order valence-corrected chi connectivity index (χ2v) is 4.49. The molecular weight excluding hydrogens is 220 g/mol. The van der Waals surface area contributed by atoms with Gasteiger partial charge in [0.05, 0.1) is 6.04 Å². The lowest BCUT2D eigenvalue weighted by atomic mass is 9.96. The molecule has 2 heteroatoms. The van der Waals surface area contributed by atoms with Gasteiger partial charge < -0.3 is 5.32 Å². The van der Waals surface area contributed by atoms with Crippen LogP contribution in [0.1, 0.15) is 43.5 Å². The molecule has 2 heterocycles. The third-order valence-electron chi connectivity index (χ3n) is 3.42. The number of benzene rings is 1. The molecule has 1 N–H and O–H groups in total. The standard InChI is InChI=1S/C15H16N2.CH4/c1-2-14-13-8-4-3-6-11(13)10-12-7-5-9-16-15(12)17-14;/h3-9,14H,2,10H2,1H3,(H,16,17);1H4/t14-;/m1./s1. The summed E-state index contributed by atoms with van der Waals surface area (Å²) in [4.78, 5) is 4.45. The van der Waals surface area contributed by atoms with Gasteiger partial charge in [-0.15, -0.1) is 0 Å². The minimum atomic E-state index is 0. The number of fused-ring (bicyclic) bond motifs is 2. The number of nitrogens with one attached hydrogen (secondary N) is 1. The first kappa shape index (κ1) is 12.6. The Labute approximate surface area is 109 Å². The average molecular weight is 240 g/mol. The minimum absolute atomic E-state index is 0. The van der Waals surface area contributed by atoms with Gasteiger partial charge in [0, 0.05) is 12.6 Å². The van der Waals surface area contributed by atoms with Crippen molar-refractivity contribution in [2.45, 2.75) is 33.2 Å². The van der Waals surface area contributed by atoms with E-state index < -0.39 is 0 Å². The third-order valence-corrected chi connectivity index (χ3v) is 3.42. The van der Waals surface area contributed by atoms with E-state index in [9.17, 15) is 0 Å². The Morgan fingerprint density at radius 3 is 2.78 bits per heavy atom. The smallest absolute Gasteiger partial charge is 0.129 e. The summed E-state index contributed by atoms with van der Waals surface area (Å²) < 4.78 is 0. The monoisotopic (exact) mass is 240 g/mol. The molecule has 0 fully saturated rings. The second kappa shape index (κ2) is 5.21. The van der Waals surface area contributed by atoms with Crippen molar-refractivity contribution in [3.05, 3.63) is 59.3 Å². The Balaban J connectivity index is 0.00000120. The Kier molecular flexibility index (Phi) is 3.66. The Hall–Kier alpha value is -1.83. The molecule has 18 heavy (non-hydrogen) atoms. The van der Waals surface area contributed by atoms with Crippen LogP contribution in [0.3, 0.4) is 0 Å². The lowest BCUT2D eigenvalue weighted by Crippen LogP contribution is -2.10. The maximum atomic E-state index is 4.45. The van der Waals surface area contributed by atoms with E-state index in [1.165, 1.54) is 16.7 Å². The largest absolute Gasteiger partial charge is 0.363 e. The Morgan fingerprint density at radius 1 is 1.17 bits per heavy atom. The lowest BCUT2D eigenvalue weighted by molar-refractivity contribution is 0.744. The number of rotatable bonds is 1. The highest BCUT2D eigenvalue weighted by Crippen LogP contribution is 2.32. The minimum Gasteiger partial charge on any atom is -0.363 e. The number of aromatic nitrogens is 1. The fourth-order valence-electron chi connectivity index (χ4n) is 2.52. The highest BCUT2D eigenvalue weighted by atomic mass is 15.0. The summed E-state index contributed by atoms with van der Waals surface area (Å²) in [6, 6.07) is 13.2. The normalized spacial score (nSPS) is 16.6. The van der Waals surface area contributed by atoms with E-state index in [1.807, 2.05) is 12.3 Å². The van der Waals surface area contributed by atoms with Gasteiger partial charge in [0.25, 0.3) is 0 Å². The van der Waals surface area contributed by atoms with Crippen LogP contribution < -0.4 is 5.32 Å². The highest BCUT2D eigenvalue weighted by Gasteiger charge is 2.19. The molecule has 0 radical (unpaired) electrons. The first-order valence-corrected chi connectivity index (χ1v) is 6.16. The fraction of sp³-hybridized carbons (Fsp3) is 0.312. The van der Waals surface area contributed by atoms with Crippen molar-refractivity contribution < 1.29 is 0 Å². The summed E-state index contributed by atoms with van der Waals surface area (Å²) in [6.07, 6.45) is 3.91. The van der Waals surface area contributed by atoms with Gasteiger partial charge in [0.1, 0.15) is 5.82 Å². The zero-order valence-electron chi connectivity index (χ0n) is 9.98. The topological polar surface area (TPSA) is 24.9 Å². The van der Waals surface area contributed by atoms with Crippen LogP contribution in [0.2, 0.25) is 0 Å². The molecule has 3 rings (SSSR count). The molecular formula is C16H20N2. The molecule has 1 aliphatic heterocycles. The van der Waals surface area contributed by atoms with Gasteiger partial charge in [-0.1, -0.05) is 44.7 Å². The predicted molar refractivity (Wildman–Crippen MR) is 76.9 cm³/mol. The maximum Gasteiger partial charge on any atom is 0.129 e. The van der Waals surface area contributed by atoms with Crippen molar-refractivity contribution >= 4 is 5.82 Å². The summed E-state index contributed by atoms with van der Waals surface area (Å²) in [5.74, 6) is 1.04. The third kappa shape index (κ3) is 2.10. The van der Waals surface area contributed by atoms with Gasteiger partial charge in [0.15, 0.2) is 0 Å². The molecule has 1 aliphatic rings. The van der Waals surface area contributed by atoms with Crippen LogP contribution in [-0.4, -0.2) is 4.98 Å². The highest BCUT2D eigenvalue weighted by molar-refractivity contribution is 5.52. The molecule has 2 nitrogen and oxygen atoms in total. The molecule has 94 valence electrons. The SMILES string of the molecule is C.CC[C@H]1Nc2ncccc2Cc2ccccc21. The van der Waals surface area contributed by atoms with Crippen LogP contribution in [0.15, 0.2) is 42.6 Å². The quantitative estimate of drug-likeness (QED) is 0.808. The van der Waals surface area contributed by atoms with Gasteiger partial charge >= 0.3 is 0 Å². The van der Waals surface area contributed by atoms with Gasteiger partial charge in [-0.25, -0.2) is 4.98 Å². The first-order valence-electron chi connectivity index (χ1n) is 6.16. The Bertz CT molecular complexity index is 534. The molecule has 0 saturated heterocycles. The Morgan fingerprint density at radius 2 is 1.94 bits per heavy atom. The van der Waals surface area contributed by atoms with Crippen molar-refractivity contribution in [3.63, 3.8) is 0 Å². The molecule has 1 aromatic carbocycles. The lowest BCUT2D eigenvalue weighted by Gasteiger charge is -2.17. The zero-order valence-corrected chi connectivity index (χ0v) is 9.98. The van der Waals surface area contributed by atoms with Gasteiger partial charge in [-0.2, -0.15) is 0 Å². The average Bonchev–Trinajstić information content (AvgIpc) is 2.54. The predicted octanol–water partition coefficient (Wildman–Crippen LogP) is 4.19. The van der Waals surface area contributed by atoms with Crippen LogP contribution in [0.25, 0.3) is 0 Å². The van der Waals surface area contributed by atoms with Crippen molar-refractivity contribution in [2.75, 3.05) is 5.32 Å². The van der Waals surface area contributed by atoms with E-state index in [0.29, 0.717) is 6.04 Å². The molecule has 0 amide bonds. The van der Waals surface area contributed by atoms with Crippen molar-refractivity contribution in [3.8, 4) is 0 Å². The summed E-state index contributed by atoms with van der Waals surface area (Å²) in [6.45, 7) is 2.21. The molecule has 0 spiro atoms. The first-order chi connectivity index (χ1) is 8.38. The number of anilines is 1. The molecule has 0 bridgehead atoms. The molecule has 1 atom stereocenters. The summed E-state index contributed by atoms with van der Waals surface area (Å²) >= 11 is 0. The van der Waals surface area contributed by atoms with Crippen LogP contribution >= 0.6 is 0 Å². The van der Waals surface area contributed by atoms with E-state index >= 15 is 0 Å². The van der Waals surface area contributed by atoms with E-state index in [-0.39, 0.29) is 7.43 Å². The van der Waals surface area contributed by atoms with Crippen molar-refractivity contribution in [2.24, 2.45) is 0 Å². The number of pyridine rings is 1. The van der Waals surface area contributed by atoms with Crippen LogP contribution in [0.4, 0.5) is 5.82 Å². The zero-order chi connectivity index (χ0) is 11.7. The van der Waals surface area contributed by atoms with E-state index in [0.717, 1.165) is 18.7 Å². The van der Waals surface area contributed by atoms with E-state index in [4.69, 9.17) is 0 Å². The fourth-order valence-corrected chi connectivity index (χ4v) is 2.52. The van der Waals surface area contributed by atoms with Crippen molar-refractivity contribution in [1.29, 1.82) is 0 Å². The van der Waals surface area contributed by atoms with Crippen LogP contribution in [0.5, 0.6) is 0 Å². The van der Waals surface area contributed by atoms with Crippen molar-refractivity contribution in [1.82, 2.24) is 4.98 Å².